The van der Waals surface area contributed by atoms with Crippen molar-refractivity contribution in [1.29, 1.82) is 0 Å². The van der Waals surface area contributed by atoms with Gasteiger partial charge in [0.1, 0.15) is 0 Å². The van der Waals surface area contributed by atoms with E-state index < -0.39 is 0 Å². The summed E-state index contributed by atoms with van der Waals surface area (Å²) in [5, 5.41) is 16.9. The summed E-state index contributed by atoms with van der Waals surface area (Å²) in [5.74, 6) is 0. The molecular weight excluding hydrogens is 178 g/mol. The molecular formula is C10H19N3O. The van der Waals surface area contributed by atoms with Gasteiger partial charge in [-0.1, -0.05) is 6.92 Å². The molecule has 0 aliphatic rings. The second kappa shape index (κ2) is 5.78. The van der Waals surface area contributed by atoms with Crippen molar-refractivity contribution in [1.82, 2.24) is 15.1 Å². The molecule has 1 unspecified atom stereocenters. The largest absolute Gasteiger partial charge is 0.391 e. The van der Waals surface area contributed by atoms with Gasteiger partial charge in [-0.05, 0) is 18.5 Å². The first kappa shape index (κ1) is 11.2. The van der Waals surface area contributed by atoms with E-state index in [2.05, 4.69) is 17.3 Å². The van der Waals surface area contributed by atoms with Gasteiger partial charge < -0.3 is 10.4 Å². The number of nitrogens with zero attached hydrogens (tertiary/aromatic N) is 2. The van der Waals surface area contributed by atoms with Crippen LogP contribution in [0.1, 0.15) is 18.9 Å². The van der Waals surface area contributed by atoms with Gasteiger partial charge in [0.25, 0.3) is 0 Å². The van der Waals surface area contributed by atoms with Crippen molar-refractivity contribution >= 4 is 0 Å². The van der Waals surface area contributed by atoms with Gasteiger partial charge >= 0.3 is 0 Å². The molecule has 1 heterocycles. The fraction of sp³-hybridized carbons (Fsp3) is 0.700. The maximum atomic E-state index is 9.64. The van der Waals surface area contributed by atoms with E-state index in [1.165, 1.54) is 0 Å². The normalized spacial score (nSPS) is 13.1. The summed E-state index contributed by atoms with van der Waals surface area (Å²) in [6.07, 6.45) is 5.18. The number of hydrogen-bond donors (Lipinski definition) is 2. The van der Waals surface area contributed by atoms with E-state index in [9.17, 15) is 5.11 Å². The fourth-order valence-electron chi connectivity index (χ4n) is 1.37. The molecule has 1 aromatic heterocycles. The Balaban J connectivity index is 2.23. The lowest BCUT2D eigenvalue weighted by Gasteiger charge is -2.09. The Bertz CT molecular complexity index is 260. The van der Waals surface area contributed by atoms with Gasteiger partial charge in [0, 0.05) is 26.2 Å². The van der Waals surface area contributed by atoms with Crippen LogP contribution < -0.4 is 5.32 Å². The molecule has 1 aromatic rings. The van der Waals surface area contributed by atoms with Crippen LogP contribution in [0.3, 0.4) is 0 Å². The van der Waals surface area contributed by atoms with Crippen LogP contribution in [0.5, 0.6) is 0 Å². The number of nitrogens with one attached hydrogen (secondary N) is 1. The first-order chi connectivity index (χ1) is 6.72. The number of aryl methyl sites for hydroxylation is 1. The highest BCUT2D eigenvalue weighted by Crippen LogP contribution is 2.00. The van der Waals surface area contributed by atoms with Gasteiger partial charge in [-0.15, -0.1) is 0 Å². The highest BCUT2D eigenvalue weighted by Gasteiger charge is 2.05. The quantitative estimate of drug-likeness (QED) is 0.646. The molecule has 1 rings (SSSR count). The van der Waals surface area contributed by atoms with Crippen LogP contribution >= 0.6 is 0 Å². The Hall–Kier alpha value is -0.870. The topological polar surface area (TPSA) is 50.1 Å². The molecule has 0 aliphatic carbocycles. The average molecular weight is 197 g/mol. The summed E-state index contributed by atoms with van der Waals surface area (Å²) in [6, 6.07) is 0. The molecule has 0 saturated carbocycles. The van der Waals surface area contributed by atoms with Crippen LogP contribution in [0.25, 0.3) is 0 Å². The first-order valence-electron chi connectivity index (χ1n) is 5.08. The Morgan fingerprint density at radius 1 is 1.64 bits per heavy atom. The number of hydrogen-bond acceptors (Lipinski definition) is 3. The lowest BCUT2D eigenvalue weighted by molar-refractivity contribution is 0.172. The summed E-state index contributed by atoms with van der Waals surface area (Å²) in [6.45, 7) is 3.73. The number of rotatable bonds is 6. The molecule has 2 N–H and O–H groups in total. The minimum Gasteiger partial charge on any atom is -0.391 e. The number of aliphatic hydroxyl groups is 1. The van der Waals surface area contributed by atoms with Gasteiger partial charge in [-0.3, -0.25) is 4.68 Å². The number of aliphatic hydroxyl groups excluding tert-OH is 1. The van der Waals surface area contributed by atoms with Gasteiger partial charge in [-0.25, -0.2) is 0 Å². The zero-order chi connectivity index (χ0) is 10.4. The summed E-state index contributed by atoms with van der Waals surface area (Å²) in [5.41, 5.74) is 1.08. The molecule has 1 atom stereocenters. The first-order valence-corrected chi connectivity index (χ1v) is 5.08. The van der Waals surface area contributed by atoms with Crippen LogP contribution in [0, 0.1) is 0 Å². The fourth-order valence-corrected chi connectivity index (χ4v) is 1.37. The third kappa shape index (κ3) is 3.89. The number of aromatic nitrogens is 2. The van der Waals surface area contributed by atoms with Crippen LogP contribution in [-0.4, -0.2) is 34.1 Å². The van der Waals surface area contributed by atoms with Crippen molar-refractivity contribution in [3.8, 4) is 0 Å². The standard InChI is InChI=1S/C10H19N3O/c1-3-4-11-7-10(14)5-9-6-12-13(2)8-9/h6,8,10-11,14H,3-5,7H2,1-2H3. The molecule has 0 bridgehead atoms. The zero-order valence-corrected chi connectivity index (χ0v) is 8.90. The van der Waals surface area contributed by atoms with E-state index in [1.54, 1.807) is 10.9 Å². The van der Waals surface area contributed by atoms with E-state index in [-0.39, 0.29) is 6.10 Å². The van der Waals surface area contributed by atoms with Crippen LogP contribution in [0.4, 0.5) is 0 Å². The van der Waals surface area contributed by atoms with E-state index in [1.807, 2.05) is 13.2 Å². The maximum Gasteiger partial charge on any atom is 0.0706 e. The SMILES string of the molecule is CCCNCC(O)Cc1cnn(C)c1. The van der Waals surface area contributed by atoms with Gasteiger partial charge in [0.2, 0.25) is 0 Å². The van der Waals surface area contributed by atoms with Gasteiger partial charge in [0.15, 0.2) is 0 Å². The van der Waals surface area contributed by atoms with Gasteiger partial charge in [0.05, 0.1) is 12.3 Å². The molecule has 4 heteroatoms. The average Bonchev–Trinajstić information content (AvgIpc) is 2.52. The second-order valence-corrected chi connectivity index (χ2v) is 3.58. The van der Waals surface area contributed by atoms with E-state index in [4.69, 9.17) is 0 Å². The molecule has 0 spiro atoms. The van der Waals surface area contributed by atoms with Crippen molar-refractivity contribution < 1.29 is 5.11 Å². The zero-order valence-electron chi connectivity index (χ0n) is 8.90. The summed E-state index contributed by atoms with van der Waals surface area (Å²) >= 11 is 0. The smallest absolute Gasteiger partial charge is 0.0706 e. The molecule has 0 radical (unpaired) electrons. The molecule has 0 aromatic carbocycles. The summed E-state index contributed by atoms with van der Waals surface area (Å²) in [4.78, 5) is 0. The Labute approximate surface area is 84.9 Å². The molecule has 4 nitrogen and oxygen atoms in total. The highest BCUT2D eigenvalue weighted by atomic mass is 16.3. The van der Waals surface area contributed by atoms with Crippen LogP contribution in [0.2, 0.25) is 0 Å². The highest BCUT2D eigenvalue weighted by molar-refractivity contribution is 5.05. The lowest BCUT2D eigenvalue weighted by atomic mass is 10.1. The Morgan fingerprint density at radius 2 is 2.43 bits per heavy atom. The molecule has 14 heavy (non-hydrogen) atoms. The monoisotopic (exact) mass is 197 g/mol. The van der Waals surface area contributed by atoms with Crippen molar-refractivity contribution in [3.05, 3.63) is 18.0 Å². The maximum absolute atomic E-state index is 9.64. The molecule has 80 valence electrons. The minimum atomic E-state index is -0.314. The Morgan fingerprint density at radius 3 is 3.00 bits per heavy atom. The van der Waals surface area contributed by atoms with E-state index >= 15 is 0 Å². The third-order valence-corrected chi connectivity index (χ3v) is 2.04. The predicted molar refractivity (Wildman–Crippen MR) is 56.1 cm³/mol. The third-order valence-electron chi connectivity index (χ3n) is 2.04. The minimum absolute atomic E-state index is 0.314. The summed E-state index contributed by atoms with van der Waals surface area (Å²) < 4.78 is 1.75. The van der Waals surface area contributed by atoms with Crippen molar-refractivity contribution in [3.63, 3.8) is 0 Å². The van der Waals surface area contributed by atoms with E-state index in [0.717, 1.165) is 18.5 Å². The molecule has 0 aliphatic heterocycles. The van der Waals surface area contributed by atoms with Crippen molar-refractivity contribution in [2.45, 2.75) is 25.9 Å². The van der Waals surface area contributed by atoms with Crippen molar-refractivity contribution in [2.24, 2.45) is 7.05 Å². The van der Waals surface area contributed by atoms with Crippen molar-refractivity contribution in [2.75, 3.05) is 13.1 Å². The van der Waals surface area contributed by atoms with Crippen LogP contribution in [0.15, 0.2) is 12.4 Å². The van der Waals surface area contributed by atoms with E-state index in [0.29, 0.717) is 13.0 Å². The predicted octanol–water partition coefficient (Wildman–Crippen LogP) is 0.323. The second-order valence-electron chi connectivity index (χ2n) is 3.58. The summed E-state index contributed by atoms with van der Waals surface area (Å²) in [7, 11) is 1.88. The Kier molecular flexibility index (Phi) is 4.62. The lowest BCUT2D eigenvalue weighted by Crippen LogP contribution is -2.28. The molecule has 0 saturated heterocycles. The van der Waals surface area contributed by atoms with Crippen LogP contribution in [-0.2, 0) is 13.5 Å². The molecule has 0 fully saturated rings. The van der Waals surface area contributed by atoms with Gasteiger partial charge in [-0.2, -0.15) is 5.10 Å². The molecule has 0 amide bonds.